The second kappa shape index (κ2) is 6.40. The first-order chi connectivity index (χ1) is 9.13. The van der Waals surface area contributed by atoms with Crippen LogP contribution in [0.5, 0.6) is 0 Å². The number of hydrogen-bond acceptors (Lipinski definition) is 7. The summed E-state index contributed by atoms with van der Waals surface area (Å²) < 4.78 is 10.6. The largest absolute Gasteiger partial charge is 0.598 e. The molecule has 0 spiro atoms. The molecular formula is C11H20N4O4. The van der Waals surface area contributed by atoms with Crippen molar-refractivity contribution in [3.8, 4) is 0 Å². The molecule has 1 aliphatic heterocycles. The van der Waals surface area contributed by atoms with Gasteiger partial charge in [0.25, 0.3) is 0 Å². The standard InChI is InChI=1S/C11H20N4O4/c1-3-14(4-2)7-9-12-11(13-19-9)8-5-6-10(18-8)15(16)17/h8,10,15-16H,3-7H2,1-2H3. The van der Waals surface area contributed by atoms with E-state index >= 15 is 0 Å². The molecule has 1 saturated heterocycles. The fraction of sp³-hybridized carbons (Fsp3) is 0.818. The second-order valence-corrected chi connectivity index (χ2v) is 4.54. The molecule has 8 heteroatoms. The van der Waals surface area contributed by atoms with E-state index in [1.54, 1.807) is 0 Å². The number of nitrogens with one attached hydrogen (secondary N) is 1. The van der Waals surface area contributed by atoms with Gasteiger partial charge in [-0.3, -0.25) is 4.90 Å². The molecule has 108 valence electrons. The molecule has 3 unspecified atom stereocenters. The van der Waals surface area contributed by atoms with Crippen LogP contribution < -0.4 is 5.23 Å². The van der Waals surface area contributed by atoms with Crippen molar-refractivity contribution >= 4 is 0 Å². The summed E-state index contributed by atoms with van der Waals surface area (Å²) in [6.07, 6.45) is -0.0220. The Bertz CT molecular complexity index is 394. The fourth-order valence-corrected chi connectivity index (χ4v) is 2.11. The van der Waals surface area contributed by atoms with Crippen LogP contribution in [0.2, 0.25) is 0 Å². The second-order valence-electron chi connectivity index (χ2n) is 4.54. The van der Waals surface area contributed by atoms with Crippen LogP contribution in [-0.4, -0.2) is 39.6 Å². The van der Waals surface area contributed by atoms with Gasteiger partial charge in [-0.2, -0.15) is 4.98 Å². The molecule has 2 rings (SSSR count). The average Bonchev–Trinajstić information content (AvgIpc) is 3.04. The zero-order chi connectivity index (χ0) is 13.8. The topological polar surface area (TPSA) is 99.1 Å². The van der Waals surface area contributed by atoms with Gasteiger partial charge in [-0.15, -0.1) is 0 Å². The lowest BCUT2D eigenvalue weighted by atomic mass is 10.2. The van der Waals surface area contributed by atoms with Gasteiger partial charge in [-0.1, -0.05) is 19.0 Å². The summed E-state index contributed by atoms with van der Waals surface area (Å²) in [7, 11) is 0. The van der Waals surface area contributed by atoms with Gasteiger partial charge < -0.3 is 14.5 Å². The summed E-state index contributed by atoms with van der Waals surface area (Å²) in [5.74, 6) is 0.993. The molecule has 1 aromatic heterocycles. The minimum absolute atomic E-state index is 0.365. The molecule has 0 saturated carbocycles. The molecule has 0 radical (unpaired) electrons. The Morgan fingerprint density at radius 3 is 2.74 bits per heavy atom. The summed E-state index contributed by atoms with van der Waals surface area (Å²) in [4.78, 5) is 6.44. The Balaban J connectivity index is 1.94. The van der Waals surface area contributed by atoms with E-state index in [9.17, 15) is 5.21 Å². The normalized spacial score (nSPS) is 25.1. The molecule has 1 fully saturated rings. The maximum absolute atomic E-state index is 10.8. The fourth-order valence-electron chi connectivity index (χ4n) is 2.11. The van der Waals surface area contributed by atoms with Crippen LogP contribution in [0.3, 0.4) is 0 Å². The maximum Gasteiger partial charge on any atom is 0.240 e. The van der Waals surface area contributed by atoms with E-state index in [1.165, 1.54) is 0 Å². The van der Waals surface area contributed by atoms with E-state index in [0.29, 0.717) is 31.1 Å². The maximum atomic E-state index is 10.8. The smallest absolute Gasteiger partial charge is 0.240 e. The first kappa shape index (κ1) is 14.4. The van der Waals surface area contributed by atoms with Crippen LogP contribution in [-0.2, 0) is 11.3 Å². The molecule has 1 aliphatic rings. The lowest BCUT2D eigenvalue weighted by Gasteiger charge is -2.19. The predicted molar refractivity (Wildman–Crippen MR) is 63.9 cm³/mol. The van der Waals surface area contributed by atoms with Gasteiger partial charge in [0.05, 0.1) is 6.54 Å². The number of ether oxygens (including phenoxy) is 1. The van der Waals surface area contributed by atoms with Gasteiger partial charge in [-0.05, 0) is 19.5 Å². The van der Waals surface area contributed by atoms with Gasteiger partial charge in [-0.25, -0.2) is 10.4 Å². The molecular weight excluding hydrogens is 252 g/mol. The summed E-state index contributed by atoms with van der Waals surface area (Å²) in [6.45, 7) is 6.57. The van der Waals surface area contributed by atoms with Crippen molar-refractivity contribution in [1.29, 1.82) is 0 Å². The molecule has 1 aromatic rings. The first-order valence-corrected chi connectivity index (χ1v) is 6.57. The van der Waals surface area contributed by atoms with Gasteiger partial charge in [0.2, 0.25) is 17.9 Å². The monoisotopic (exact) mass is 272 g/mol. The lowest BCUT2D eigenvalue weighted by Crippen LogP contribution is -3.09. The third kappa shape index (κ3) is 3.48. The Hall–Kier alpha value is -1.06. The lowest BCUT2D eigenvalue weighted by molar-refractivity contribution is -1.08. The van der Waals surface area contributed by atoms with E-state index in [4.69, 9.17) is 14.5 Å². The minimum atomic E-state index is -0.936. The molecule has 0 amide bonds. The van der Waals surface area contributed by atoms with Gasteiger partial charge >= 0.3 is 0 Å². The molecule has 3 atom stereocenters. The van der Waals surface area contributed by atoms with E-state index in [0.717, 1.165) is 13.1 Å². The zero-order valence-corrected chi connectivity index (χ0v) is 11.2. The van der Waals surface area contributed by atoms with Crippen molar-refractivity contribution < 1.29 is 19.7 Å². The van der Waals surface area contributed by atoms with Crippen molar-refractivity contribution in [3.05, 3.63) is 16.9 Å². The van der Waals surface area contributed by atoms with E-state index in [1.807, 2.05) is 0 Å². The number of quaternary nitrogens is 1. The van der Waals surface area contributed by atoms with Crippen molar-refractivity contribution in [2.24, 2.45) is 0 Å². The number of rotatable bonds is 6. The minimum Gasteiger partial charge on any atom is -0.598 e. The average molecular weight is 272 g/mol. The highest BCUT2D eigenvalue weighted by molar-refractivity contribution is 4.93. The highest BCUT2D eigenvalue weighted by Crippen LogP contribution is 2.28. The highest BCUT2D eigenvalue weighted by Gasteiger charge is 2.33. The van der Waals surface area contributed by atoms with Gasteiger partial charge in [0.1, 0.15) is 6.10 Å². The van der Waals surface area contributed by atoms with Crippen LogP contribution in [0, 0.1) is 5.21 Å². The quantitative estimate of drug-likeness (QED) is 0.695. The molecule has 2 N–H and O–H groups in total. The summed E-state index contributed by atoms with van der Waals surface area (Å²) in [5, 5.41) is 22.6. The van der Waals surface area contributed by atoms with Crippen molar-refractivity contribution in [3.63, 3.8) is 0 Å². The summed E-state index contributed by atoms with van der Waals surface area (Å²) in [6, 6.07) is 0. The van der Waals surface area contributed by atoms with Crippen LogP contribution in [0.25, 0.3) is 0 Å². The summed E-state index contributed by atoms with van der Waals surface area (Å²) in [5.41, 5.74) is 0. The van der Waals surface area contributed by atoms with Crippen LogP contribution >= 0.6 is 0 Å². The highest BCUT2D eigenvalue weighted by atomic mass is 16.8. The molecule has 0 bridgehead atoms. The van der Waals surface area contributed by atoms with Crippen LogP contribution in [0.1, 0.15) is 44.5 Å². The molecule has 0 aromatic carbocycles. The Labute approximate surface area is 111 Å². The van der Waals surface area contributed by atoms with Gasteiger partial charge in [0, 0.05) is 6.42 Å². The predicted octanol–water partition coefficient (Wildman–Crippen LogP) is -0.139. The molecule has 19 heavy (non-hydrogen) atoms. The third-order valence-electron chi connectivity index (χ3n) is 3.32. The first-order valence-electron chi connectivity index (χ1n) is 6.57. The molecule has 0 aliphatic carbocycles. The number of aromatic nitrogens is 2. The van der Waals surface area contributed by atoms with Crippen LogP contribution in [0.4, 0.5) is 0 Å². The van der Waals surface area contributed by atoms with Crippen molar-refractivity contribution in [2.75, 3.05) is 13.1 Å². The number of hydrogen-bond donors (Lipinski definition) is 2. The molecule has 2 heterocycles. The summed E-state index contributed by atoms with van der Waals surface area (Å²) >= 11 is 0. The SMILES string of the molecule is CCN(CC)Cc1nc(C2CCC([NH+]([O-])O)O2)no1. The van der Waals surface area contributed by atoms with Gasteiger partial charge in [0.15, 0.2) is 0 Å². The van der Waals surface area contributed by atoms with E-state index in [-0.39, 0.29) is 6.10 Å². The number of nitrogens with zero attached hydrogens (tertiary/aromatic N) is 3. The van der Waals surface area contributed by atoms with Crippen molar-refractivity contribution in [2.45, 2.75) is 45.6 Å². The zero-order valence-electron chi connectivity index (χ0n) is 11.2. The third-order valence-corrected chi connectivity index (χ3v) is 3.32. The van der Waals surface area contributed by atoms with E-state index in [2.05, 4.69) is 28.9 Å². The Kier molecular flexibility index (Phi) is 4.83. The van der Waals surface area contributed by atoms with Crippen LogP contribution in [0.15, 0.2) is 4.52 Å². The molecule has 8 nitrogen and oxygen atoms in total. The Morgan fingerprint density at radius 2 is 2.16 bits per heavy atom. The van der Waals surface area contributed by atoms with Crippen molar-refractivity contribution in [1.82, 2.24) is 15.0 Å². The Morgan fingerprint density at radius 1 is 1.42 bits per heavy atom. The van der Waals surface area contributed by atoms with E-state index < -0.39 is 11.5 Å². The number of hydroxylamine groups is 2.